The predicted molar refractivity (Wildman–Crippen MR) is 80.8 cm³/mol. The lowest BCUT2D eigenvalue weighted by Gasteiger charge is -2.23. The van der Waals surface area contributed by atoms with Gasteiger partial charge in [-0.05, 0) is 31.6 Å². The molecular formula is C14H22N2OS. The Kier molecular flexibility index (Phi) is 4.64. The SMILES string of the molecule is COc1cc(N)cc(N2CCCC(SC)CC2)c1. The summed E-state index contributed by atoms with van der Waals surface area (Å²) in [6.07, 6.45) is 6.03. The lowest BCUT2D eigenvalue weighted by atomic mass is 10.2. The van der Waals surface area contributed by atoms with Crippen LogP contribution in [0.3, 0.4) is 0 Å². The van der Waals surface area contributed by atoms with E-state index in [1.165, 1.54) is 24.9 Å². The van der Waals surface area contributed by atoms with Crippen LogP contribution in [-0.2, 0) is 0 Å². The molecule has 4 heteroatoms. The molecule has 1 aliphatic rings. The molecule has 0 spiro atoms. The number of methoxy groups -OCH3 is 1. The Morgan fingerprint density at radius 3 is 2.83 bits per heavy atom. The fraction of sp³-hybridized carbons (Fsp3) is 0.571. The standard InChI is InChI=1S/C14H22N2OS/c1-17-13-9-11(15)8-12(10-13)16-6-3-4-14(18-2)5-7-16/h8-10,14H,3-7,15H2,1-2H3. The Labute approximate surface area is 114 Å². The number of nitrogens with two attached hydrogens (primary N) is 1. The van der Waals surface area contributed by atoms with E-state index in [0.29, 0.717) is 0 Å². The number of benzene rings is 1. The number of anilines is 2. The van der Waals surface area contributed by atoms with E-state index >= 15 is 0 Å². The molecule has 1 atom stereocenters. The second-order valence-corrected chi connectivity index (χ2v) is 5.88. The van der Waals surface area contributed by atoms with Gasteiger partial charge in [0, 0.05) is 41.8 Å². The molecule has 0 amide bonds. The number of rotatable bonds is 3. The van der Waals surface area contributed by atoms with Crippen molar-refractivity contribution in [1.82, 2.24) is 0 Å². The number of nitrogen functional groups attached to an aromatic ring is 1. The fourth-order valence-electron chi connectivity index (χ4n) is 2.47. The van der Waals surface area contributed by atoms with E-state index in [9.17, 15) is 0 Å². The summed E-state index contributed by atoms with van der Waals surface area (Å²) in [4.78, 5) is 2.43. The van der Waals surface area contributed by atoms with E-state index in [4.69, 9.17) is 10.5 Å². The van der Waals surface area contributed by atoms with Crippen LogP contribution in [0.15, 0.2) is 18.2 Å². The molecule has 1 saturated heterocycles. The summed E-state index contributed by atoms with van der Waals surface area (Å²) in [7, 11) is 1.69. The van der Waals surface area contributed by atoms with Crippen molar-refractivity contribution in [2.24, 2.45) is 0 Å². The van der Waals surface area contributed by atoms with Gasteiger partial charge in [0.05, 0.1) is 7.11 Å². The van der Waals surface area contributed by atoms with Gasteiger partial charge in [-0.3, -0.25) is 0 Å². The minimum atomic E-state index is 0.773. The molecule has 1 fully saturated rings. The van der Waals surface area contributed by atoms with Crippen LogP contribution in [0.4, 0.5) is 11.4 Å². The van der Waals surface area contributed by atoms with Crippen molar-refractivity contribution >= 4 is 23.1 Å². The highest BCUT2D eigenvalue weighted by Crippen LogP contribution is 2.29. The summed E-state index contributed by atoms with van der Waals surface area (Å²) >= 11 is 1.99. The van der Waals surface area contributed by atoms with Gasteiger partial charge in [0.15, 0.2) is 0 Å². The molecule has 18 heavy (non-hydrogen) atoms. The summed E-state index contributed by atoms with van der Waals surface area (Å²) in [6.45, 7) is 2.22. The summed E-state index contributed by atoms with van der Waals surface area (Å²) in [5.74, 6) is 0.843. The summed E-state index contributed by atoms with van der Waals surface area (Å²) in [6, 6.07) is 5.99. The molecule has 3 nitrogen and oxygen atoms in total. The molecule has 0 bridgehead atoms. The molecular weight excluding hydrogens is 244 g/mol. The molecule has 0 radical (unpaired) electrons. The van der Waals surface area contributed by atoms with Gasteiger partial charge in [0.1, 0.15) is 5.75 Å². The zero-order valence-corrected chi connectivity index (χ0v) is 12.0. The zero-order valence-electron chi connectivity index (χ0n) is 11.2. The van der Waals surface area contributed by atoms with Gasteiger partial charge in [-0.15, -0.1) is 0 Å². The third-order valence-electron chi connectivity index (χ3n) is 3.52. The summed E-state index contributed by atoms with van der Waals surface area (Å²) in [5.41, 5.74) is 7.89. The second-order valence-electron chi connectivity index (χ2n) is 4.74. The van der Waals surface area contributed by atoms with E-state index in [0.717, 1.165) is 29.8 Å². The van der Waals surface area contributed by atoms with Crippen LogP contribution in [-0.4, -0.2) is 31.7 Å². The highest BCUT2D eigenvalue weighted by Gasteiger charge is 2.17. The third-order valence-corrected chi connectivity index (χ3v) is 4.66. The van der Waals surface area contributed by atoms with Crippen molar-refractivity contribution in [3.63, 3.8) is 0 Å². The first-order chi connectivity index (χ1) is 8.72. The minimum Gasteiger partial charge on any atom is -0.497 e. The maximum atomic E-state index is 5.92. The smallest absolute Gasteiger partial charge is 0.122 e. The van der Waals surface area contributed by atoms with Crippen LogP contribution < -0.4 is 15.4 Å². The van der Waals surface area contributed by atoms with Gasteiger partial charge < -0.3 is 15.4 Å². The highest BCUT2D eigenvalue weighted by atomic mass is 32.2. The van der Waals surface area contributed by atoms with Gasteiger partial charge in [-0.1, -0.05) is 0 Å². The average Bonchev–Trinajstić information content (AvgIpc) is 2.63. The zero-order chi connectivity index (χ0) is 13.0. The van der Waals surface area contributed by atoms with E-state index in [1.54, 1.807) is 7.11 Å². The first-order valence-electron chi connectivity index (χ1n) is 6.45. The molecule has 1 aliphatic heterocycles. The number of nitrogens with zero attached hydrogens (tertiary/aromatic N) is 1. The molecule has 1 aromatic carbocycles. The van der Waals surface area contributed by atoms with Gasteiger partial charge >= 0.3 is 0 Å². The predicted octanol–water partition coefficient (Wildman–Crippen LogP) is 3.00. The molecule has 2 N–H and O–H groups in total. The first kappa shape index (κ1) is 13.4. The maximum Gasteiger partial charge on any atom is 0.122 e. The average molecular weight is 266 g/mol. The molecule has 0 saturated carbocycles. The van der Waals surface area contributed by atoms with E-state index in [2.05, 4.69) is 17.2 Å². The fourth-order valence-corrected chi connectivity index (χ4v) is 3.21. The van der Waals surface area contributed by atoms with Crippen molar-refractivity contribution < 1.29 is 4.74 Å². The molecule has 100 valence electrons. The van der Waals surface area contributed by atoms with Gasteiger partial charge in [0.25, 0.3) is 0 Å². The van der Waals surface area contributed by atoms with Gasteiger partial charge in [-0.25, -0.2) is 0 Å². The third kappa shape index (κ3) is 3.25. The lowest BCUT2D eigenvalue weighted by molar-refractivity contribution is 0.415. The van der Waals surface area contributed by atoms with Crippen LogP contribution in [0.2, 0.25) is 0 Å². The maximum absolute atomic E-state index is 5.92. The molecule has 2 rings (SSSR count). The van der Waals surface area contributed by atoms with E-state index in [1.807, 2.05) is 23.9 Å². The Morgan fingerprint density at radius 2 is 2.11 bits per heavy atom. The minimum absolute atomic E-state index is 0.773. The van der Waals surface area contributed by atoms with Crippen molar-refractivity contribution in [3.05, 3.63) is 18.2 Å². The van der Waals surface area contributed by atoms with E-state index < -0.39 is 0 Å². The van der Waals surface area contributed by atoms with Crippen LogP contribution in [0.1, 0.15) is 19.3 Å². The molecule has 0 aromatic heterocycles. The Bertz CT molecular complexity index is 397. The molecule has 1 unspecified atom stereocenters. The number of hydrogen-bond acceptors (Lipinski definition) is 4. The summed E-state index contributed by atoms with van der Waals surface area (Å²) in [5, 5.41) is 0.804. The molecule has 1 heterocycles. The van der Waals surface area contributed by atoms with Gasteiger partial charge in [0.2, 0.25) is 0 Å². The van der Waals surface area contributed by atoms with Crippen LogP contribution in [0.5, 0.6) is 5.75 Å². The number of ether oxygens (including phenoxy) is 1. The van der Waals surface area contributed by atoms with Crippen LogP contribution >= 0.6 is 11.8 Å². The lowest BCUT2D eigenvalue weighted by Crippen LogP contribution is -2.24. The van der Waals surface area contributed by atoms with E-state index in [-0.39, 0.29) is 0 Å². The van der Waals surface area contributed by atoms with Crippen LogP contribution in [0, 0.1) is 0 Å². The Morgan fingerprint density at radius 1 is 1.28 bits per heavy atom. The first-order valence-corrected chi connectivity index (χ1v) is 7.74. The van der Waals surface area contributed by atoms with Crippen molar-refractivity contribution in [1.29, 1.82) is 0 Å². The highest BCUT2D eigenvalue weighted by molar-refractivity contribution is 7.99. The van der Waals surface area contributed by atoms with Crippen molar-refractivity contribution in [3.8, 4) is 5.75 Å². The largest absolute Gasteiger partial charge is 0.497 e. The summed E-state index contributed by atoms with van der Waals surface area (Å²) < 4.78 is 5.29. The topological polar surface area (TPSA) is 38.5 Å². The normalized spacial score (nSPS) is 20.6. The second kappa shape index (κ2) is 6.23. The quantitative estimate of drug-likeness (QED) is 0.854. The Hall–Kier alpha value is -1.03. The Balaban J connectivity index is 2.13. The van der Waals surface area contributed by atoms with Gasteiger partial charge in [-0.2, -0.15) is 11.8 Å². The molecule has 0 aliphatic carbocycles. The molecule has 1 aromatic rings. The van der Waals surface area contributed by atoms with Crippen molar-refractivity contribution in [2.45, 2.75) is 24.5 Å². The monoisotopic (exact) mass is 266 g/mol. The number of thioether (sulfide) groups is 1. The van der Waals surface area contributed by atoms with Crippen molar-refractivity contribution in [2.75, 3.05) is 37.1 Å². The van der Waals surface area contributed by atoms with Crippen LogP contribution in [0.25, 0.3) is 0 Å². The number of hydrogen-bond donors (Lipinski definition) is 1.